The van der Waals surface area contributed by atoms with Gasteiger partial charge in [0.1, 0.15) is 105 Å². The Balaban J connectivity index is 0.00000641. The van der Waals surface area contributed by atoms with E-state index in [0.29, 0.717) is 22.4 Å². The number of ether oxygens (including phenoxy) is 6. The SMILES string of the molecule is C[n+]1c2cc(N[C@@H]3O[C@H](CO)[C@@H](O[C@@H]4O[C@H](CO)[C@H](O)[C@H](O)[C@H]4O)[C@H](O)[C@H]3O)ccc2cc2ccc(N[C@@H]3O[C@H](CO)[C@@H](O[C@@H]4O[C@H](CO)[C@H](O)[C@H](O)[C@H]4O)[C@H](O)[C@H]3O)cc21.[Cl-]. The number of halogens is 1. The predicted octanol–water partition coefficient (Wildman–Crippen LogP) is -10.1. The highest BCUT2D eigenvalue weighted by Crippen LogP contribution is 2.33. The number of aryl methyl sites for hydroxylation is 1. The molecule has 4 aliphatic heterocycles. The number of aromatic nitrogens is 1. The Morgan fingerprint density at radius 2 is 0.839 bits per heavy atom. The molecule has 4 fully saturated rings. The van der Waals surface area contributed by atoms with Crippen LogP contribution in [0.1, 0.15) is 0 Å². The van der Waals surface area contributed by atoms with Crippen molar-refractivity contribution in [1.29, 1.82) is 0 Å². The monoisotopic (exact) mass is 907 g/mol. The molecule has 0 spiro atoms. The number of benzene rings is 2. The van der Waals surface area contributed by atoms with Crippen LogP contribution < -0.4 is 27.6 Å². The summed E-state index contributed by atoms with van der Waals surface area (Å²) in [6, 6.07) is 12.4. The molecule has 2 aromatic carbocycles. The van der Waals surface area contributed by atoms with Crippen molar-refractivity contribution >= 4 is 33.2 Å². The molecule has 0 unspecified atom stereocenters. The molecule has 4 aliphatic rings. The molecule has 20 atom stereocenters. The van der Waals surface area contributed by atoms with Crippen LogP contribution in [0.5, 0.6) is 0 Å². The minimum Gasteiger partial charge on any atom is -1.00 e. The van der Waals surface area contributed by atoms with E-state index in [9.17, 15) is 71.5 Å². The van der Waals surface area contributed by atoms with Crippen LogP contribution in [-0.4, -0.2) is 221 Å². The van der Waals surface area contributed by atoms with Crippen LogP contribution in [0.2, 0.25) is 0 Å². The number of nitrogens with one attached hydrogen (secondary N) is 2. The molecule has 0 amide bonds. The van der Waals surface area contributed by atoms with E-state index in [1.807, 2.05) is 10.6 Å². The van der Waals surface area contributed by atoms with Crippen molar-refractivity contribution in [1.82, 2.24) is 0 Å². The van der Waals surface area contributed by atoms with Gasteiger partial charge in [-0.25, -0.2) is 0 Å². The molecule has 16 N–H and O–H groups in total. The molecule has 0 radical (unpaired) electrons. The Hall–Kier alpha value is -2.80. The third kappa shape index (κ3) is 9.32. The van der Waals surface area contributed by atoms with E-state index >= 15 is 0 Å². The third-order valence-corrected chi connectivity index (χ3v) is 11.7. The minimum atomic E-state index is -1.80. The van der Waals surface area contributed by atoms with Gasteiger partial charge in [-0.15, -0.1) is 0 Å². The van der Waals surface area contributed by atoms with Gasteiger partial charge >= 0.3 is 0 Å². The second-order valence-corrected chi connectivity index (χ2v) is 15.7. The van der Waals surface area contributed by atoms with Gasteiger partial charge in [0.15, 0.2) is 25.0 Å². The minimum absolute atomic E-state index is 0. The Morgan fingerprint density at radius 1 is 0.468 bits per heavy atom. The van der Waals surface area contributed by atoms with E-state index in [0.717, 1.165) is 10.8 Å². The molecule has 0 bridgehead atoms. The topological polar surface area (TPSA) is 367 Å². The number of rotatable bonds is 12. The lowest BCUT2D eigenvalue weighted by Crippen LogP contribution is -3.00. The standard InChI is InChI=1S/C38H53N3O20.ClH/c1-41-17-7-15(39-35-29(52)27(50)33(21(11-44)56-35)60-37-31(54)25(48)23(46)19(9-42)58-37)4-2-13(17)6-14-3-5-16(8-18(14)41)40-36-30(53)28(51)34(22(12-45)57-36)61-38-32(55)26(49)24(47)20(10-43)59-38;/h2-8,19-38,42-55H,9-12H2,1H3,(H,39,40);1H/t19-,20-,21-,22-,23+,24+,25+,26+,27-,28-,29-,30-,31-,32-,33-,34-,35-,36-,37+,38+;/m1./s1. The van der Waals surface area contributed by atoms with Crippen molar-refractivity contribution in [3.8, 4) is 0 Å². The van der Waals surface area contributed by atoms with Crippen LogP contribution in [0.25, 0.3) is 21.8 Å². The number of hydrogen-bond acceptors (Lipinski definition) is 22. The van der Waals surface area contributed by atoms with Gasteiger partial charge in [-0.2, -0.15) is 4.57 Å². The summed E-state index contributed by atoms with van der Waals surface area (Å²) in [6.07, 6.45) is -31.3. The van der Waals surface area contributed by atoms with Crippen LogP contribution in [0.15, 0.2) is 42.5 Å². The zero-order chi connectivity index (χ0) is 44.0. The van der Waals surface area contributed by atoms with Crippen molar-refractivity contribution in [3.63, 3.8) is 0 Å². The Bertz CT molecular complexity index is 1820. The average Bonchev–Trinajstić information content (AvgIpc) is 3.26. The van der Waals surface area contributed by atoms with Crippen LogP contribution in [0.4, 0.5) is 11.4 Å². The van der Waals surface area contributed by atoms with Gasteiger partial charge in [-0.1, -0.05) is 0 Å². The lowest BCUT2D eigenvalue weighted by molar-refractivity contribution is -0.617. The summed E-state index contributed by atoms with van der Waals surface area (Å²) < 4.78 is 35.6. The van der Waals surface area contributed by atoms with Gasteiger partial charge < -0.3 is 123 Å². The summed E-state index contributed by atoms with van der Waals surface area (Å²) >= 11 is 0. The van der Waals surface area contributed by atoms with Gasteiger partial charge in [0.25, 0.3) is 0 Å². The lowest BCUT2D eigenvalue weighted by Gasteiger charge is -2.46. The summed E-state index contributed by atoms with van der Waals surface area (Å²) in [6.45, 7) is -2.87. The van der Waals surface area contributed by atoms with E-state index in [2.05, 4.69) is 10.6 Å². The van der Waals surface area contributed by atoms with Crippen LogP contribution in [0.3, 0.4) is 0 Å². The Labute approximate surface area is 358 Å². The summed E-state index contributed by atoms with van der Waals surface area (Å²) in [5.41, 5.74) is 2.23. The van der Waals surface area contributed by atoms with E-state index in [1.165, 1.54) is 0 Å². The molecule has 4 saturated heterocycles. The van der Waals surface area contributed by atoms with E-state index in [1.54, 1.807) is 43.4 Å². The fourth-order valence-corrected chi connectivity index (χ4v) is 8.14. The molecular weight excluding hydrogens is 854 g/mol. The molecule has 23 nitrogen and oxygen atoms in total. The van der Waals surface area contributed by atoms with Crippen LogP contribution in [-0.2, 0) is 35.5 Å². The van der Waals surface area contributed by atoms with Crippen LogP contribution >= 0.6 is 0 Å². The smallest absolute Gasteiger partial charge is 0.214 e. The van der Waals surface area contributed by atoms with E-state index in [4.69, 9.17) is 28.4 Å². The first kappa shape index (κ1) is 48.7. The largest absolute Gasteiger partial charge is 1.00 e. The number of aliphatic hydroxyl groups is 14. The summed E-state index contributed by atoms with van der Waals surface area (Å²) in [4.78, 5) is 0. The van der Waals surface area contributed by atoms with Gasteiger partial charge in [0.05, 0.1) is 26.4 Å². The fourth-order valence-electron chi connectivity index (χ4n) is 8.14. The van der Waals surface area contributed by atoms with Crippen molar-refractivity contribution in [3.05, 3.63) is 42.5 Å². The Morgan fingerprint density at radius 3 is 1.19 bits per heavy atom. The number of hydrogen-bond donors (Lipinski definition) is 16. The van der Waals surface area contributed by atoms with Crippen molar-refractivity contribution < 1.29 is 117 Å². The van der Waals surface area contributed by atoms with Crippen molar-refractivity contribution in [2.45, 2.75) is 123 Å². The van der Waals surface area contributed by atoms with Crippen LogP contribution in [0, 0.1) is 0 Å². The maximum atomic E-state index is 11.1. The first-order chi connectivity index (χ1) is 29.1. The first-order valence-corrected chi connectivity index (χ1v) is 19.7. The van der Waals surface area contributed by atoms with Gasteiger partial charge in [0.2, 0.25) is 11.0 Å². The number of anilines is 2. The van der Waals surface area contributed by atoms with Gasteiger partial charge in [-0.3, -0.25) is 0 Å². The van der Waals surface area contributed by atoms with Crippen molar-refractivity contribution in [2.75, 3.05) is 37.1 Å². The highest BCUT2D eigenvalue weighted by Gasteiger charge is 2.52. The number of pyridine rings is 1. The maximum Gasteiger partial charge on any atom is 0.214 e. The molecule has 1 aromatic heterocycles. The molecule has 5 heterocycles. The predicted molar refractivity (Wildman–Crippen MR) is 203 cm³/mol. The Kier molecular flexibility index (Phi) is 15.8. The van der Waals surface area contributed by atoms with Gasteiger partial charge in [0, 0.05) is 34.3 Å². The summed E-state index contributed by atoms with van der Waals surface area (Å²) in [7, 11) is 1.79. The number of aliphatic hydroxyl groups excluding tert-OH is 14. The average molecular weight is 908 g/mol. The number of fused-ring (bicyclic) bond motifs is 2. The normalized spacial score (nSPS) is 41.5. The molecular formula is C38H54ClN3O20. The van der Waals surface area contributed by atoms with Gasteiger partial charge in [-0.05, 0) is 30.3 Å². The van der Waals surface area contributed by atoms with E-state index < -0.39 is 149 Å². The molecule has 7 rings (SSSR count). The highest BCUT2D eigenvalue weighted by atomic mass is 35.5. The van der Waals surface area contributed by atoms with E-state index in [-0.39, 0.29) is 12.4 Å². The molecule has 3 aromatic rings. The maximum absolute atomic E-state index is 11.1. The molecule has 24 heteroatoms. The third-order valence-electron chi connectivity index (χ3n) is 11.7. The molecule has 348 valence electrons. The fraction of sp³-hybridized carbons (Fsp3) is 0.658. The molecule has 0 aliphatic carbocycles. The first-order valence-electron chi connectivity index (χ1n) is 19.7. The zero-order valence-electron chi connectivity index (χ0n) is 33.0. The van der Waals surface area contributed by atoms with Crippen molar-refractivity contribution in [2.24, 2.45) is 7.05 Å². The summed E-state index contributed by atoms with van der Waals surface area (Å²) in [5, 5.41) is 153. The highest BCUT2D eigenvalue weighted by molar-refractivity contribution is 5.91. The second-order valence-electron chi connectivity index (χ2n) is 15.7. The molecule has 62 heavy (non-hydrogen) atoms. The second kappa shape index (κ2) is 20.2. The quantitative estimate of drug-likeness (QED) is 0.0593. The zero-order valence-corrected chi connectivity index (χ0v) is 33.7. The lowest BCUT2D eigenvalue weighted by atomic mass is 9.96. The summed E-state index contributed by atoms with van der Waals surface area (Å²) in [5.74, 6) is 0. The molecule has 0 saturated carbocycles. The number of nitrogens with zero attached hydrogens (tertiary/aromatic N) is 1.